The third-order valence-electron chi connectivity index (χ3n) is 2.16. The Morgan fingerprint density at radius 3 is 2.31 bits per heavy atom. The average Bonchev–Trinajstić information content (AvgIpc) is 2.27. The maximum Gasteiger partial charge on any atom is 0.323 e. The van der Waals surface area contributed by atoms with Gasteiger partial charge in [0.25, 0.3) is 5.91 Å². The summed E-state index contributed by atoms with van der Waals surface area (Å²) in [5, 5.41) is 8.55. The molecule has 1 amide bonds. The molecule has 0 radical (unpaired) electrons. The van der Waals surface area contributed by atoms with Crippen LogP contribution in [0.15, 0.2) is 24.3 Å². The Labute approximate surface area is 93.5 Å². The Kier molecular flexibility index (Phi) is 4.02. The number of carboxylic acid groups (broad SMARTS) is 1. The maximum absolute atomic E-state index is 11.7. The smallest absolute Gasteiger partial charge is 0.323 e. The molecule has 0 aromatic heterocycles. The van der Waals surface area contributed by atoms with E-state index in [1.54, 1.807) is 24.3 Å². The average molecular weight is 222 g/mol. The summed E-state index contributed by atoms with van der Waals surface area (Å²) in [6.07, 6.45) is 0. The first-order valence-corrected chi connectivity index (χ1v) is 4.81. The van der Waals surface area contributed by atoms with Crippen LogP contribution in [0, 0.1) is 0 Å². The molecule has 1 rings (SSSR count). The molecule has 1 aromatic carbocycles. The second-order valence-electron chi connectivity index (χ2n) is 3.46. The summed E-state index contributed by atoms with van der Waals surface area (Å²) >= 11 is 0. The number of amides is 1. The van der Waals surface area contributed by atoms with E-state index in [1.807, 2.05) is 0 Å². The summed E-state index contributed by atoms with van der Waals surface area (Å²) in [5.74, 6) is -1.35. The number of likely N-dealkylation sites (N-methyl/N-ethyl adjacent to an activating group) is 1. The van der Waals surface area contributed by atoms with Crippen LogP contribution in [-0.2, 0) is 11.3 Å². The van der Waals surface area contributed by atoms with Crippen LogP contribution >= 0.6 is 0 Å². The molecule has 5 heteroatoms. The third kappa shape index (κ3) is 3.06. The lowest BCUT2D eigenvalue weighted by molar-refractivity contribution is -0.137. The molecular weight excluding hydrogens is 208 g/mol. The normalized spacial score (nSPS) is 9.88. The van der Waals surface area contributed by atoms with E-state index in [9.17, 15) is 9.59 Å². The molecule has 0 saturated heterocycles. The Bertz CT molecular complexity index is 387. The zero-order valence-electron chi connectivity index (χ0n) is 9.01. The number of hydrogen-bond acceptors (Lipinski definition) is 3. The zero-order chi connectivity index (χ0) is 12.1. The standard InChI is InChI=1S/C11H14N2O3/c1-13(7-10(14)15)11(16)9-4-2-8(6-12)3-5-9/h2-5H,6-7,12H2,1H3,(H,14,15). The lowest BCUT2D eigenvalue weighted by atomic mass is 10.1. The van der Waals surface area contributed by atoms with Crippen LogP contribution in [0.4, 0.5) is 0 Å². The Hall–Kier alpha value is -1.88. The Balaban J connectivity index is 2.75. The van der Waals surface area contributed by atoms with E-state index in [4.69, 9.17) is 10.8 Å². The van der Waals surface area contributed by atoms with Crippen molar-refractivity contribution in [3.8, 4) is 0 Å². The van der Waals surface area contributed by atoms with Gasteiger partial charge in [-0.05, 0) is 17.7 Å². The molecule has 0 fully saturated rings. The summed E-state index contributed by atoms with van der Waals surface area (Å²) in [5.41, 5.74) is 6.82. The molecular formula is C11H14N2O3. The van der Waals surface area contributed by atoms with Crippen molar-refractivity contribution < 1.29 is 14.7 Å². The van der Waals surface area contributed by atoms with Crippen molar-refractivity contribution in [1.82, 2.24) is 4.90 Å². The largest absolute Gasteiger partial charge is 0.480 e. The van der Waals surface area contributed by atoms with Gasteiger partial charge in [-0.2, -0.15) is 0 Å². The lowest BCUT2D eigenvalue weighted by Crippen LogP contribution is -2.31. The number of hydrogen-bond donors (Lipinski definition) is 2. The quantitative estimate of drug-likeness (QED) is 0.767. The maximum atomic E-state index is 11.7. The predicted octanol–water partition coefficient (Wildman–Crippen LogP) is 0.302. The van der Waals surface area contributed by atoms with Gasteiger partial charge in [0, 0.05) is 19.2 Å². The van der Waals surface area contributed by atoms with Crippen molar-refractivity contribution in [2.45, 2.75) is 6.54 Å². The van der Waals surface area contributed by atoms with E-state index in [2.05, 4.69) is 0 Å². The van der Waals surface area contributed by atoms with Gasteiger partial charge in [0.1, 0.15) is 6.54 Å². The van der Waals surface area contributed by atoms with Crippen LogP contribution in [-0.4, -0.2) is 35.5 Å². The molecule has 1 aromatic rings. The second kappa shape index (κ2) is 5.27. The Morgan fingerprint density at radius 1 is 1.31 bits per heavy atom. The predicted molar refractivity (Wildman–Crippen MR) is 58.9 cm³/mol. The van der Waals surface area contributed by atoms with Gasteiger partial charge in [0.2, 0.25) is 0 Å². The van der Waals surface area contributed by atoms with Gasteiger partial charge in [0.15, 0.2) is 0 Å². The van der Waals surface area contributed by atoms with E-state index >= 15 is 0 Å². The molecule has 0 aliphatic rings. The SMILES string of the molecule is CN(CC(=O)O)C(=O)c1ccc(CN)cc1. The fourth-order valence-electron chi connectivity index (χ4n) is 1.28. The van der Waals surface area contributed by atoms with Crippen LogP contribution in [0.3, 0.4) is 0 Å². The minimum Gasteiger partial charge on any atom is -0.480 e. The topological polar surface area (TPSA) is 83.6 Å². The molecule has 0 atom stereocenters. The number of nitrogens with two attached hydrogens (primary N) is 1. The van der Waals surface area contributed by atoms with Crippen LogP contribution < -0.4 is 5.73 Å². The molecule has 0 saturated carbocycles. The van der Waals surface area contributed by atoms with Crippen LogP contribution in [0.5, 0.6) is 0 Å². The number of rotatable bonds is 4. The number of nitrogens with zero attached hydrogens (tertiary/aromatic N) is 1. The zero-order valence-corrected chi connectivity index (χ0v) is 9.01. The van der Waals surface area contributed by atoms with Gasteiger partial charge < -0.3 is 15.7 Å². The van der Waals surface area contributed by atoms with Gasteiger partial charge in [-0.15, -0.1) is 0 Å². The van der Waals surface area contributed by atoms with Crippen LogP contribution in [0.1, 0.15) is 15.9 Å². The molecule has 0 aliphatic heterocycles. The van der Waals surface area contributed by atoms with Crippen molar-refractivity contribution in [2.24, 2.45) is 5.73 Å². The van der Waals surface area contributed by atoms with Crippen molar-refractivity contribution in [1.29, 1.82) is 0 Å². The highest BCUT2D eigenvalue weighted by atomic mass is 16.4. The summed E-state index contributed by atoms with van der Waals surface area (Å²) in [7, 11) is 1.45. The number of benzene rings is 1. The number of aliphatic carboxylic acids is 1. The molecule has 0 heterocycles. The number of carbonyl (C=O) groups is 2. The minimum atomic E-state index is -1.03. The third-order valence-corrected chi connectivity index (χ3v) is 2.16. The fourth-order valence-corrected chi connectivity index (χ4v) is 1.28. The summed E-state index contributed by atoms with van der Waals surface area (Å²) < 4.78 is 0. The second-order valence-corrected chi connectivity index (χ2v) is 3.46. The van der Waals surface area contributed by atoms with Gasteiger partial charge in [-0.1, -0.05) is 12.1 Å². The van der Waals surface area contributed by atoms with Crippen molar-refractivity contribution in [3.05, 3.63) is 35.4 Å². The van der Waals surface area contributed by atoms with Crippen molar-refractivity contribution in [2.75, 3.05) is 13.6 Å². The molecule has 0 unspecified atom stereocenters. The molecule has 0 bridgehead atoms. The number of carboxylic acids is 1. The summed E-state index contributed by atoms with van der Waals surface area (Å²) in [6.45, 7) is 0.108. The van der Waals surface area contributed by atoms with Gasteiger partial charge in [-0.3, -0.25) is 9.59 Å². The van der Waals surface area contributed by atoms with E-state index in [0.29, 0.717) is 12.1 Å². The monoisotopic (exact) mass is 222 g/mol. The molecule has 3 N–H and O–H groups in total. The molecule has 0 spiro atoms. The summed E-state index contributed by atoms with van der Waals surface area (Å²) in [4.78, 5) is 23.3. The first-order valence-electron chi connectivity index (χ1n) is 4.81. The van der Waals surface area contributed by atoms with Gasteiger partial charge in [0.05, 0.1) is 0 Å². The van der Waals surface area contributed by atoms with E-state index in [1.165, 1.54) is 7.05 Å². The first-order chi connectivity index (χ1) is 7.54. The highest BCUT2D eigenvalue weighted by molar-refractivity contribution is 5.95. The number of carbonyl (C=O) groups excluding carboxylic acids is 1. The first kappa shape index (κ1) is 12.2. The van der Waals surface area contributed by atoms with Crippen LogP contribution in [0.2, 0.25) is 0 Å². The van der Waals surface area contributed by atoms with E-state index < -0.39 is 5.97 Å². The highest BCUT2D eigenvalue weighted by Crippen LogP contribution is 2.06. The molecule has 5 nitrogen and oxygen atoms in total. The molecule has 16 heavy (non-hydrogen) atoms. The van der Waals surface area contributed by atoms with Crippen molar-refractivity contribution in [3.63, 3.8) is 0 Å². The van der Waals surface area contributed by atoms with Crippen molar-refractivity contribution >= 4 is 11.9 Å². The highest BCUT2D eigenvalue weighted by Gasteiger charge is 2.13. The van der Waals surface area contributed by atoms with Gasteiger partial charge >= 0.3 is 5.97 Å². The minimum absolute atomic E-state index is 0.308. The fraction of sp³-hybridized carbons (Fsp3) is 0.273. The van der Waals surface area contributed by atoms with Crippen LogP contribution in [0.25, 0.3) is 0 Å². The Morgan fingerprint density at radius 2 is 1.88 bits per heavy atom. The molecule has 0 aliphatic carbocycles. The summed E-state index contributed by atoms with van der Waals surface area (Å²) in [6, 6.07) is 6.79. The van der Waals surface area contributed by atoms with E-state index in [-0.39, 0.29) is 12.5 Å². The molecule has 86 valence electrons. The lowest BCUT2D eigenvalue weighted by Gasteiger charge is -2.14. The van der Waals surface area contributed by atoms with Gasteiger partial charge in [-0.25, -0.2) is 0 Å². The van der Waals surface area contributed by atoms with E-state index in [0.717, 1.165) is 10.5 Å².